The third-order valence-electron chi connectivity index (χ3n) is 12.6. The number of rotatable bonds is 4. The molecule has 0 atom stereocenters. The van der Waals surface area contributed by atoms with Crippen LogP contribution in [0.3, 0.4) is 0 Å². The molecule has 0 saturated heterocycles. The van der Waals surface area contributed by atoms with Gasteiger partial charge in [-0.3, -0.25) is 9.59 Å². The summed E-state index contributed by atoms with van der Waals surface area (Å²) in [7, 11) is 0. The van der Waals surface area contributed by atoms with Crippen molar-refractivity contribution in [3.63, 3.8) is 0 Å². The Bertz CT molecular complexity index is 755. The van der Waals surface area contributed by atoms with Crippen molar-refractivity contribution in [3.8, 4) is 0 Å². The van der Waals surface area contributed by atoms with Crippen molar-refractivity contribution in [1.82, 2.24) is 10.6 Å². The highest BCUT2D eigenvalue weighted by Crippen LogP contribution is 2.64. The van der Waals surface area contributed by atoms with Gasteiger partial charge in [-0.05, 0) is 145 Å². The van der Waals surface area contributed by atoms with Crippen LogP contribution in [-0.4, -0.2) is 22.9 Å². The van der Waals surface area contributed by atoms with E-state index in [1.807, 2.05) is 0 Å². The van der Waals surface area contributed by atoms with Crippen LogP contribution in [-0.2, 0) is 9.59 Å². The first kappa shape index (κ1) is 20.2. The van der Waals surface area contributed by atoms with Gasteiger partial charge >= 0.3 is 0 Å². The fourth-order valence-corrected chi connectivity index (χ4v) is 12.1. The van der Waals surface area contributed by atoms with E-state index in [-0.39, 0.29) is 21.9 Å². The van der Waals surface area contributed by atoms with Crippen molar-refractivity contribution in [2.24, 2.45) is 46.3 Å². The normalized spacial score (nSPS) is 57.0. The van der Waals surface area contributed by atoms with E-state index in [1.165, 1.54) is 77.0 Å². The van der Waals surface area contributed by atoms with Crippen molar-refractivity contribution < 1.29 is 9.59 Å². The minimum Gasteiger partial charge on any atom is -0.350 e. The molecular formula is C29H42N2O2. The second kappa shape index (κ2) is 6.38. The molecule has 0 aromatic rings. The first-order chi connectivity index (χ1) is 15.8. The molecule has 0 spiro atoms. The molecule has 4 nitrogen and oxygen atoms in total. The predicted molar refractivity (Wildman–Crippen MR) is 126 cm³/mol. The minimum absolute atomic E-state index is 0.0931. The summed E-state index contributed by atoms with van der Waals surface area (Å²) in [5.41, 5.74) is -0.337. The molecule has 10 saturated carbocycles. The molecule has 0 unspecified atom stereocenters. The van der Waals surface area contributed by atoms with Gasteiger partial charge in [-0.1, -0.05) is 0 Å². The lowest BCUT2D eigenvalue weighted by molar-refractivity contribution is -0.136. The summed E-state index contributed by atoms with van der Waals surface area (Å²) in [4.78, 5) is 27.7. The van der Waals surface area contributed by atoms with E-state index in [0.717, 1.165) is 67.6 Å². The van der Waals surface area contributed by atoms with E-state index in [2.05, 4.69) is 10.6 Å². The lowest BCUT2D eigenvalue weighted by Crippen LogP contribution is -2.62. The number of amides is 2. The van der Waals surface area contributed by atoms with E-state index in [4.69, 9.17) is 0 Å². The monoisotopic (exact) mass is 450 g/mol. The van der Waals surface area contributed by atoms with Gasteiger partial charge in [0.1, 0.15) is 0 Å². The fraction of sp³-hybridized carbons (Fsp3) is 0.931. The molecule has 0 heterocycles. The van der Waals surface area contributed by atoms with Crippen molar-refractivity contribution in [2.45, 2.75) is 120 Å². The Kier molecular flexibility index (Phi) is 3.90. The average molecular weight is 451 g/mol. The van der Waals surface area contributed by atoms with E-state index >= 15 is 0 Å². The molecule has 33 heavy (non-hydrogen) atoms. The smallest absolute Gasteiger partial charge is 0.226 e. The molecule has 4 heteroatoms. The van der Waals surface area contributed by atoms with Crippen molar-refractivity contribution >= 4 is 11.8 Å². The van der Waals surface area contributed by atoms with Crippen LogP contribution in [0.25, 0.3) is 0 Å². The Labute approximate surface area is 198 Å². The third kappa shape index (κ3) is 2.87. The standard InChI is InChI=1S/C29H42N2O2/c32-24(30-28-11-18-5-19(12-28)7-20(6-18)13-28)26-1-2-27(17-26,4-3-26)25(33)31-29-14-21-8-22(15-29)10-23(9-21)16-29/h18-23H,1-17H2,(H,30,32)(H,31,33). The van der Waals surface area contributed by atoms with Gasteiger partial charge in [0.25, 0.3) is 0 Å². The molecule has 10 aliphatic rings. The van der Waals surface area contributed by atoms with Crippen LogP contribution < -0.4 is 10.6 Å². The summed E-state index contributed by atoms with van der Waals surface area (Å²) in [6.07, 6.45) is 20.3. The van der Waals surface area contributed by atoms with Gasteiger partial charge in [-0.2, -0.15) is 0 Å². The van der Waals surface area contributed by atoms with E-state index < -0.39 is 0 Å². The number of carbonyl (C=O) groups excluding carboxylic acids is 2. The zero-order chi connectivity index (χ0) is 22.1. The second-order valence-electron chi connectivity index (χ2n) is 15.0. The van der Waals surface area contributed by atoms with Crippen LogP contribution in [0.4, 0.5) is 0 Å². The van der Waals surface area contributed by atoms with Gasteiger partial charge in [0, 0.05) is 11.1 Å². The number of hydrogen-bond acceptors (Lipinski definition) is 2. The highest BCUT2D eigenvalue weighted by atomic mass is 16.2. The first-order valence-corrected chi connectivity index (χ1v) is 14.5. The summed E-state index contributed by atoms with van der Waals surface area (Å²) in [5.74, 6) is 5.77. The third-order valence-corrected chi connectivity index (χ3v) is 12.6. The lowest BCUT2D eigenvalue weighted by Gasteiger charge is -2.57. The zero-order valence-corrected chi connectivity index (χ0v) is 20.3. The van der Waals surface area contributed by atoms with E-state index in [9.17, 15) is 9.59 Å². The maximum atomic E-state index is 13.8. The van der Waals surface area contributed by atoms with Crippen LogP contribution >= 0.6 is 0 Å². The molecule has 10 fully saturated rings. The van der Waals surface area contributed by atoms with Crippen LogP contribution in [0.5, 0.6) is 0 Å². The topological polar surface area (TPSA) is 58.2 Å². The van der Waals surface area contributed by atoms with Crippen LogP contribution in [0.1, 0.15) is 109 Å². The number of hydrogen-bond donors (Lipinski definition) is 2. The van der Waals surface area contributed by atoms with Gasteiger partial charge in [0.2, 0.25) is 11.8 Å². The highest BCUT2D eigenvalue weighted by Gasteiger charge is 2.63. The van der Waals surface area contributed by atoms with Gasteiger partial charge < -0.3 is 10.6 Å². The van der Waals surface area contributed by atoms with Crippen molar-refractivity contribution in [3.05, 3.63) is 0 Å². The fourth-order valence-electron chi connectivity index (χ4n) is 12.1. The Morgan fingerprint density at radius 3 is 1.03 bits per heavy atom. The Morgan fingerprint density at radius 1 is 0.485 bits per heavy atom. The van der Waals surface area contributed by atoms with E-state index in [0.29, 0.717) is 11.8 Å². The van der Waals surface area contributed by atoms with Crippen molar-refractivity contribution in [2.75, 3.05) is 0 Å². The first-order valence-electron chi connectivity index (χ1n) is 14.5. The number of carbonyl (C=O) groups is 2. The van der Waals surface area contributed by atoms with Crippen molar-refractivity contribution in [1.29, 1.82) is 0 Å². The SMILES string of the molecule is O=C(NC12CC3CC(CC(C3)C1)C2)C12CCC(C(=O)NC34CC5CC(CC(C5)C3)C4)(CC1)C2. The molecule has 10 bridgehead atoms. The predicted octanol–water partition coefficient (Wildman–Crippen LogP) is 5.11. The van der Waals surface area contributed by atoms with E-state index in [1.54, 1.807) is 0 Å². The summed E-state index contributed by atoms with van der Waals surface area (Å²) in [6, 6.07) is 0. The molecule has 0 radical (unpaired) electrons. The summed E-state index contributed by atoms with van der Waals surface area (Å²) in [5, 5.41) is 7.39. The Balaban J connectivity index is 0.981. The largest absolute Gasteiger partial charge is 0.350 e. The number of nitrogens with one attached hydrogen (secondary N) is 2. The Morgan fingerprint density at radius 2 is 0.758 bits per heavy atom. The molecule has 0 aliphatic heterocycles. The van der Waals surface area contributed by atoms with Gasteiger partial charge in [-0.15, -0.1) is 0 Å². The molecular weight excluding hydrogens is 408 g/mol. The maximum absolute atomic E-state index is 13.8. The molecule has 2 N–H and O–H groups in total. The average Bonchev–Trinajstić information content (AvgIpc) is 3.31. The summed E-state index contributed by atoms with van der Waals surface area (Å²) >= 11 is 0. The molecule has 0 aromatic heterocycles. The Hall–Kier alpha value is -1.06. The van der Waals surface area contributed by atoms with Crippen LogP contribution in [0.2, 0.25) is 0 Å². The molecule has 10 rings (SSSR count). The minimum atomic E-state index is -0.262. The lowest BCUT2D eigenvalue weighted by atomic mass is 9.53. The molecule has 2 amide bonds. The zero-order valence-electron chi connectivity index (χ0n) is 20.3. The van der Waals surface area contributed by atoms with Gasteiger partial charge in [0.05, 0.1) is 10.8 Å². The maximum Gasteiger partial charge on any atom is 0.226 e. The number of fused-ring (bicyclic) bond motifs is 2. The molecule has 10 aliphatic carbocycles. The molecule has 0 aromatic carbocycles. The van der Waals surface area contributed by atoms with Crippen LogP contribution in [0, 0.1) is 46.3 Å². The highest BCUT2D eigenvalue weighted by molar-refractivity contribution is 5.90. The summed E-state index contributed by atoms with van der Waals surface area (Å²) in [6.45, 7) is 0. The second-order valence-corrected chi connectivity index (χ2v) is 15.0. The molecule has 180 valence electrons. The quantitative estimate of drug-likeness (QED) is 0.625. The van der Waals surface area contributed by atoms with Gasteiger partial charge in [-0.25, -0.2) is 0 Å². The van der Waals surface area contributed by atoms with Crippen LogP contribution in [0.15, 0.2) is 0 Å². The summed E-state index contributed by atoms with van der Waals surface area (Å²) < 4.78 is 0. The van der Waals surface area contributed by atoms with Gasteiger partial charge in [0.15, 0.2) is 0 Å².